The van der Waals surface area contributed by atoms with Gasteiger partial charge in [-0.15, -0.1) is 11.3 Å². The maximum absolute atomic E-state index is 14.9. The van der Waals surface area contributed by atoms with Gasteiger partial charge in [-0.2, -0.15) is 5.26 Å². The highest BCUT2D eigenvalue weighted by Crippen LogP contribution is 2.42. The van der Waals surface area contributed by atoms with Crippen LogP contribution in [0.5, 0.6) is 0 Å². The maximum Gasteiger partial charge on any atom is 0.408 e. The molecule has 368 valence electrons. The number of aromatic nitrogens is 3. The molecule has 5 atom stereocenters. The number of amides is 2. The molecule has 0 aliphatic carbocycles. The number of esters is 1. The van der Waals surface area contributed by atoms with E-state index >= 15 is 0 Å². The third kappa shape index (κ3) is 12.0. The molecular formula is C49H66N8O10S. The number of rotatable bonds is 16. The molecule has 3 N–H and O–H groups in total. The van der Waals surface area contributed by atoms with Crippen LogP contribution in [0.2, 0.25) is 0 Å². The van der Waals surface area contributed by atoms with Crippen molar-refractivity contribution < 1.29 is 47.9 Å². The molecular weight excluding hydrogens is 893 g/mol. The molecule has 4 aromatic rings. The van der Waals surface area contributed by atoms with E-state index in [9.17, 15) is 24.8 Å². The number of fused-ring (bicyclic) bond motifs is 1. The van der Waals surface area contributed by atoms with Crippen molar-refractivity contribution in [3.05, 3.63) is 58.2 Å². The minimum absolute atomic E-state index is 0.0762. The second-order valence-electron chi connectivity index (χ2n) is 19.1. The molecule has 0 spiro atoms. The zero-order chi connectivity index (χ0) is 48.8. The molecule has 19 heteroatoms. The van der Waals surface area contributed by atoms with E-state index in [1.807, 2.05) is 35.4 Å². The molecule has 1 aromatic carbocycles. The van der Waals surface area contributed by atoms with Crippen molar-refractivity contribution >= 4 is 40.2 Å². The van der Waals surface area contributed by atoms with Crippen LogP contribution in [0.15, 0.2) is 41.9 Å². The summed E-state index contributed by atoms with van der Waals surface area (Å²) in [5.41, 5.74) is 6.81. The number of methoxy groups -OCH3 is 2. The highest BCUT2D eigenvalue weighted by Gasteiger charge is 2.45. The molecule has 0 bridgehead atoms. The molecule has 3 aliphatic rings. The number of hydrogen-bond donors (Lipinski definition) is 3. The van der Waals surface area contributed by atoms with E-state index in [4.69, 9.17) is 38.4 Å². The lowest BCUT2D eigenvalue weighted by atomic mass is 9.92. The van der Waals surface area contributed by atoms with Gasteiger partial charge in [-0.25, -0.2) is 15.2 Å². The van der Waals surface area contributed by atoms with E-state index in [-0.39, 0.29) is 38.5 Å². The summed E-state index contributed by atoms with van der Waals surface area (Å²) in [4.78, 5) is 53.2. The van der Waals surface area contributed by atoms with Gasteiger partial charge < -0.3 is 43.4 Å². The number of hydrogen-bond acceptors (Lipinski definition) is 16. The topological polar surface area (TPSA) is 212 Å². The van der Waals surface area contributed by atoms with Crippen LogP contribution in [0, 0.1) is 11.3 Å². The Bertz CT molecular complexity index is 2430. The van der Waals surface area contributed by atoms with Gasteiger partial charge in [0.1, 0.15) is 28.7 Å². The Morgan fingerprint density at radius 1 is 1.07 bits per heavy atom. The van der Waals surface area contributed by atoms with Gasteiger partial charge in [0.25, 0.3) is 5.91 Å². The zero-order valence-electron chi connectivity index (χ0n) is 40.4. The van der Waals surface area contributed by atoms with E-state index in [0.717, 1.165) is 51.8 Å². The smallest absolute Gasteiger partial charge is 0.408 e. The summed E-state index contributed by atoms with van der Waals surface area (Å²) in [7, 11) is 2.95. The van der Waals surface area contributed by atoms with Crippen molar-refractivity contribution in [3.8, 4) is 28.6 Å². The van der Waals surface area contributed by atoms with E-state index in [1.54, 1.807) is 47.9 Å². The van der Waals surface area contributed by atoms with Crippen molar-refractivity contribution in [2.75, 3.05) is 60.3 Å². The first-order chi connectivity index (χ1) is 32.5. The molecule has 3 saturated heterocycles. The number of ether oxygens (including phenoxy) is 6. The number of thiazole rings is 1. The molecule has 0 saturated carbocycles. The standard InChI is InChI=1S/C49H66N8O10S/c1-30(62-7)40-34(11-9-17-51-40)42-36(26-49(5,6)61)35-25-31(13-14-39(35)56(42)20-24-66-33-15-21-64-22-16-33)38-29-68-44(52-38)43(55-19-23-65-28-32(55)27-50)41(53-47(60)67-48(2,3)4)45(58)57-18-10-12-37(54-57)46(59)63-8/h9,11,13-14,17,25,29-30,32-33,37,41,43,54,61H,10,12,15-16,18-24,26,28H2,1-8H3,(H,53,60)/t30-,32-,37-,41-,43-/m0/s1. The largest absolute Gasteiger partial charge is 0.468 e. The van der Waals surface area contributed by atoms with Crippen LogP contribution in [-0.4, -0.2) is 143 Å². The molecule has 7 rings (SSSR count). The highest BCUT2D eigenvalue weighted by atomic mass is 32.1. The Labute approximate surface area is 402 Å². The first kappa shape index (κ1) is 50.8. The average molecular weight is 959 g/mol. The lowest BCUT2D eigenvalue weighted by Gasteiger charge is -2.42. The van der Waals surface area contributed by atoms with Gasteiger partial charge in [0.2, 0.25) is 0 Å². The summed E-state index contributed by atoms with van der Waals surface area (Å²) < 4.78 is 36.6. The molecule has 68 heavy (non-hydrogen) atoms. The van der Waals surface area contributed by atoms with Crippen molar-refractivity contribution in [2.45, 2.75) is 128 Å². The lowest BCUT2D eigenvalue weighted by Crippen LogP contribution is -2.63. The van der Waals surface area contributed by atoms with Gasteiger partial charge in [-0.05, 0) is 97.1 Å². The number of aliphatic hydroxyl groups is 1. The quantitative estimate of drug-likeness (QED) is 0.112. The van der Waals surface area contributed by atoms with E-state index in [0.29, 0.717) is 56.3 Å². The van der Waals surface area contributed by atoms with Gasteiger partial charge in [0.15, 0.2) is 0 Å². The van der Waals surface area contributed by atoms with Gasteiger partial charge >= 0.3 is 12.1 Å². The number of carbonyl (C=O) groups is 3. The molecule has 3 aliphatic heterocycles. The summed E-state index contributed by atoms with van der Waals surface area (Å²) in [6.45, 7) is 13.9. The fraction of sp³-hybridized carbons (Fsp3) is 0.592. The summed E-state index contributed by atoms with van der Waals surface area (Å²) in [5.74, 6) is -1.06. The molecule has 2 amide bonds. The number of morpholine rings is 1. The normalized spacial score (nSPS) is 20.1. The maximum atomic E-state index is 14.9. The van der Waals surface area contributed by atoms with Crippen LogP contribution in [0.3, 0.4) is 0 Å². The number of nitriles is 1. The van der Waals surface area contributed by atoms with Crippen LogP contribution in [0.25, 0.3) is 33.4 Å². The van der Waals surface area contributed by atoms with Crippen molar-refractivity contribution in [1.29, 1.82) is 5.26 Å². The third-order valence-electron chi connectivity index (χ3n) is 12.4. The molecule has 3 aromatic heterocycles. The van der Waals surface area contributed by atoms with Crippen LogP contribution in [-0.2, 0) is 51.0 Å². The van der Waals surface area contributed by atoms with Gasteiger partial charge in [0, 0.05) is 80.0 Å². The van der Waals surface area contributed by atoms with Crippen LogP contribution < -0.4 is 10.7 Å². The molecule has 3 fully saturated rings. The fourth-order valence-electron chi connectivity index (χ4n) is 9.17. The highest BCUT2D eigenvalue weighted by molar-refractivity contribution is 7.10. The Balaban J connectivity index is 1.35. The summed E-state index contributed by atoms with van der Waals surface area (Å²) in [6, 6.07) is 8.57. The number of alkyl carbamates (subject to hydrolysis) is 1. The first-order valence-corrected chi connectivity index (χ1v) is 24.3. The summed E-state index contributed by atoms with van der Waals surface area (Å²) in [6.07, 6.45) is 3.63. The number of benzene rings is 1. The van der Waals surface area contributed by atoms with Gasteiger partial charge in [-0.3, -0.25) is 24.5 Å². The number of pyridine rings is 1. The lowest BCUT2D eigenvalue weighted by molar-refractivity contribution is -0.151. The Morgan fingerprint density at radius 3 is 2.56 bits per heavy atom. The van der Waals surface area contributed by atoms with Crippen molar-refractivity contribution in [3.63, 3.8) is 0 Å². The first-order valence-electron chi connectivity index (χ1n) is 23.4. The minimum atomic E-state index is -1.33. The van der Waals surface area contributed by atoms with Crippen molar-refractivity contribution in [2.24, 2.45) is 0 Å². The van der Waals surface area contributed by atoms with E-state index in [2.05, 4.69) is 33.5 Å². The second-order valence-corrected chi connectivity index (χ2v) is 20.0. The van der Waals surface area contributed by atoms with E-state index in [1.165, 1.54) is 23.5 Å². The van der Waals surface area contributed by atoms with Crippen LogP contribution >= 0.6 is 11.3 Å². The summed E-state index contributed by atoms with van der Waals surface area (Å²) >= 11 is 1.30. The predicted molar refractivity (Wildman–Crippen MR) is 254 cm³/mol. The van der Waals surface area contributed by atoms with Crippen molar-refractivity contribution in [1.82, 2.24) is 35.2 Å². The third-order valence-corrected chi connectivity index (χ3v) is 13.3. The monoisotopic (exact) mass is 958 g/mol. The minimum Gasteiger partial charge on any atom is -0.468 e. The number of nitrogens with zero attached hydrogens (tertiary/aromatic N) is 6. The fourth-order valence-corrected chi connectivity index (χ4v) is 10.2. The number of hydrazine groups is 1. The van der Waals surface area contributed by atoms with Crippen LogP contribution in [0.4, 0.5) is 4.79 Å². The number of nitrogens with one attached hydrogen (secondary N) is 2. The van der Waals surface area contributed by atoms with Crippen LogP contribution in [0.1, 0.15) is 95.6 Å². The Kier molecular flexibility index (Phi) is 16.6. The molecule has 0 radical (unpaired) electrons. The zero-order valence-corrected chi connectivity index (χ0v) is 41.2. The average Bonchev–Trinajstić information content (AvgIpc) is 3.92. The summed E-state index contributed by atoms with van der Waals surface area (Å²) in [5, 5.41) is 29.5. The molecule has 6 heterocycles. The van der Waals surface area contributed by atoms with Gasteiger partial charge in [-0.1, -0.05) is 6.07 Å². The Morgan fingerprint density at radius 2 is 1.85 bits per heavy atom. The molecule has 18 nitrogen and oxygen atoms in total. The van der Waals surface area contributed by atoms with Gasteiger partial charge in [0.05, 0.1) is 73.9 Å². The Hall–Kier alpha value is -5.04. The van der Waals surface area contributed by atoms with E-state index < -0.39 is 53.3 Å². The second kappa shape index (κ2) is 22.1. The predicted octanol–water partition coefficient (Wildman–Crippen LogP) is 5.87. The molecule has 0 unspecified atom stereocenters. The SMILES string of the molecule is COC(=O)[C@@H]1CCCN(C(=O)[C@@H](NC(=O)OC(C)(C)C)[C@@H](c2nc(-c3ccc4c(c3)c(CC(C)(C)O)c(-c3cccnc3[C@H](C)OC)n4CCOC3CCOCC3)cs2)N2CCOC[C@@H]2C#N)N1. The number of carbonyl (C=O) groups excluding carboxylic acids is 3.